The zero-order valence-electron chi connectivity index (χ0n) is 9.08. The van der Waals surface area contributed by atoms with E-state index in [0.717, 1.165) is 11.3 Å². The van der Waals surface area contributed by atoms with E-state index in [1.807, 2.05) is 42.5 Å². The highest BCUT2D eigenvalue weighted by molar-refractivity contribution is 6.42. The molecule has 0 aliphatic rings. The molecule has 2 nitrogen and oxygen atoms in total. The van der Waals surface area contributed by atoms with E-state index in [9.17, 15) is 0 Å². The maximum atomic E-state index is 5.93. The van der Waals surface area contributed by atoms with Gasteiger partial charge in [0.05, 0.1) is 10.0 Å². The third kappa shape index (κ3) is 3.63. The summed E-state index contributed by atoms with van der Waals surface area (Å²) in [5.74, 6) is 0. The van der Waals surface area contributed by atoms with Crippen LogP contribution in [-0.2, 0) is 6.54 Å². The fourth-order valence-electron chi connectivity index (χ4n) is 1.42. The molecular formula is C13H12Cl2N2. The van der Waals surface area contributed by atoms with Gasteiger partial charge in [-0.2, -0.15) is 0 Å². The Kier molecular flexibility index (Phi) is 4.26. The highest BCUT2D eigenvalue weighted by Gasteiger charge is 1.98. The predicted octanol–water partition coefficient (Wildman–Crippen LogP) is 4.11. The van der Waals surface area contributed by atoms with E-state index in [-0.39, 0.29) is 0 Å². The van der Waals surface area contributed by atoms with Gasteiger partial charge in [0.15, 0.2) is 0 Å². The Bertz CT molecular complexity index is 486. The molecule has 2 aromatic rings. The first-order valence-corrected chi connectivity index (χ1v) is 5.99. The maximum absolute atomic E-state index is 5.93. The summed E-state index contributed by atoms with van der Waals surface area (Å²) < 4.78 is 0. The molecule has 2 rings (SSSR count). The summed E-state index contributed by atoms with van der Waals surface area (Å²) in [5, 5.41) is 1.15. The maximum Gasteiger partial charge on any atom is 0.0595 e. The van der Waals surface area contributed by atoms with Crippen LogP contribution in [0.2, 0.25) is 10.0 Å². The van der Waals surface area contributed by atoms with E-state index in [4.69, 9.17) is 23.2 Å². The zero-order chi connectivity index (χ0) is 12.1. The van der Waals surface area contributed by atoms with Crippen LogP contribution < -0.4 is 10.9 Å². The molecule has 0 amide bonds. The molecule has 0 aliphatic carbocycles. The van der Waals surface area contributed by atoms with Crippen LogP contribution in [0.4, 0.5) is 5.69 Å². The fourth-order valence-corrected chi connectivity index (χ4v) is 1.74. The van der Waals surface area contributed by atoms with Crippen LogP contribution >= 0.6 is 23.2 Å². The number of benzene rings is 2. The molecule has 0 radical (unpaired) electrons. The van der Waals surface area contributed by atoms with Crippen molar-refractivity contribution in [2.24, 2.45) is 0 Å². The molecule has 0 saturated heterocycles. The molecule has 0 spiro atoms. The molecule has 17 heavy (non-hydrogen) atoms. The van der Waals surface area contributed by atoms with E-state index in [1.165, 1.54) is 0 Å². The van der Waals surface area contributed by atoms with Crippen molar-refractivity contribution in [3.63, 3.8) is 0 Å². The van der Waals surface area contributed by atoms with E-state index >= 15 is 0 Å². The minimum Gasteiger partial charge on any atom is -0.321 e. The quantitative estimate of drug-likeness (QED) is 0.814. The van der Waals surface area contributed by atoms with Crippen LogP contribution in [0.5, 0.6) is 0 Å². The zero-order valence-corrected chi connectivity index (χ0v) is 10.6. The third-order valence-electron chi connectivity index (χ3n) is 2.28. The first-order valence-electron chi connectivity index (χ1n) is 5.23. The molecule has 0 atom stereocenters. The van der Waals surface area contributed by atoms with Gasteiger partial charge < -0.3 is 5.43 Å². The van der Waals surface area contributed by atoms with Gasteiger partial charge in [-0.1, -0.05) is 47.5 Å². The summed E-state index contributed by atoms with van der Waals surface area (Å²) in [6.45, 7) is 0.672. The van der Waals surface area contributed by atoms with Crippen LogP contribution in [-0.4, -0.2) is 0 Å². The summed E-state index contributed by atoms with van der Waals surface area (Å²) in [6.07, 6.45) is 0. The van der Waals surface area contributed by atoms with Crippen molar-refractivity contribution < 1.29 is 0 Å². The summed E-state index contributed by atoms with van der Waals surface area (Å²) in [7, 11) is 0. The Morgan fingerprint density at radius 2 is 1.65 bits per heavy atom. The number of hydrazine groups is 1. The Balaban J connectivity index is 1.88. The number of anilines is 1. The molecule has 0 bridgehead atoms. The van der Waals surface area contributed by atoms with Crippen molar-refractivity contribution in [2.45, 2.75) is 6.54 Å². The van der Waals surface area contributed by atoms with Crippen LogP contribution in [0.25, 0.3) is 0 Å². The predicted molar refractivity (Wildman–Crippen MR) is 73.4 cm³/mol. The van der Waals surface area contributed by atoms with E-state index in [1.54, 1.807) is 6.07 Å². The number of hydrogen-bond donors (Lipinski definition) is 2. The van der Waals surface area contributed by atoms with Gasteiger partial charge in [0.2, 0.25) is 0 Å². The van der Waals surface area contributed by atoms with Gasteiger partial charge in [0.25, 0.3) is 0 Å². The molecule has 0 fully saturated rings. The van der Waals surface area contributed by atoms with Crippen LogP contribution in [0.15, 0.2) is 48.5 Å². The van der Waals surface area contributed by atoms with Crippen LogP contribution in [0.3, 0.4) is 0 Å². The number of rotatable bonds is 4. The van der Waals surface area contributed by atoms with Gasteiger partial charge in [0, 0.05) is 12.2 Å². The minimum atomic E-state index is 0.575. The van der Waals surface area contributed by atoms with Gasteiger partial charge in [-0.15, -0.1) is 0 Å². The largest absolute Gasteiger partial charge is 0.321 e. The average Bonchev–Trinajstić information content (AvgIpc) is 2.35. The highest BCUT2D eigenvalue weighted by atomic mass is 35.5. The topological polar surface area (TPSA) is 24.1 Å². The second kappa shape index (κ2) is 5.92. The number of nitrogens with one attached hydrogen (secondary N) is 2. The van der Waals surface area contributed by atoms with E-state index in [0.29, 0.717) is 16.6 Å². The molecule has 0 aromatic heterocycles. The summed E-state index contributed by atoms with van der Waals surface area (Å²) >= 11 is 11.8. The van der Waals surface area contributed by atoms with Crippen LogP contribution in [0, 0.1) is 0 Å². The number of halogens is 2. The first-order chi connectivity index (χ1) is 8.25. The van der Waals surface area contributed by atoms with Crippen LogP contribution in [0.1, 0.15) is 5.56 Å². The molecule has 0 unspecified atom stereocenters. The van der Waals surface area contributed by atoms with E-state index < -0.39 is 0 Å². The SMILES string of the molecule is Clc1ccc(CNNc2ccccc2)cc1Cl. The summed E-state index contributed by atoms with van der Waals surface area (Å²) in [5.41, 5.74) is 8.31. The first kappa shape index (κ1) is 12.2. The molecular weight excluding hydrogens is 255 g/mol. The van der Waals surface area contributed by atoms with Gasteiger partial charge in [-0.3, -0.25) is 0 Å². The molecule has 2 aromatic carbocycles. The summed E-state index contributed by atoms with van der Waals surface area (Å²) in [6, 6.07) is 15.5. The van der Waals surface area contributed by atoms with Crippen molar-refractivity contribution in [1.29, 1.82) is 0 Å². The monoisotopic (exact) mass is 266 g/mol. The third-order valence-corrected chi connectivity index (χ3v) is 3.02. The Labute approximate surface area is 111 Å². The van der Waals surface area contributed by atoms with Crippen molar-refractivity contribution in [2.75, 3.05) is 5.43 Å². The highest BCUT2D eigenvalue weighted by Crippen LogP contribution is 2.22. The van der Waals surface area contributed by atoms with Crippen molar-refractivity contribution in [1.82, 2.24) is 5.43 Å². The fraction of sp³-hybridized carbons (Fsp3) is 0.0769. The molecule has 0 heterocycles. The van der Waals surface area contributed by atoms with E-state index in [2.05, 4.69) is 10.9 Å². The Hall–Kier alpha value is -1.22. The van der Waals surface area contributed by atoms with Gasteiger partial charge >= 0.3 is 0 Å². The standard InChI is InChI=1S/C13H12Cl2N2/c14-12-7-6-10(8-13(12)15)9-16-17-11-4-2-1-3-5-11/h1-8,16-17H,9H2. The van der Waals surface area contributed by atoms with Crippen molar-refractivity contribution in [3.8, 4) is 0 Å². The normalized spacial score (nSPS) is 10.2. The molecule has 4 heteroatoms. The Morgan fingerprint density at radius 3 is 2.35 bits per heavy atom. The smallest absolute Gasteiger partial charge is 0.0595 e. The molecule has 88 valence electrons. The van der Waals surface area contributed by atoms with Gasteiger partial charge in [-0.25, -0.2) is 5.43 Å². The van der Waals surface area contributed by atoms with Crippen molar-refractivity contribution in [3.05, 3.63) is 64.1 Å². The summed E-state index contributed by atoms with van der Waals surface area (Å²) in [4.78, 5) is 0. The van der Waals surface area contributed by atoms with Gasteiger partial charge in [0.1, 0.15) is 0 Å². The minimum absolute atomic E-state index is 0.575. The lowest BCUT2D eigenvalue weighted by atomic mass is 10.2. The average molecular weight is 267 g/mol. The Morgan fingerprint density at radius 1 is 0.882 bits per heavy atom. The van der Waals surface area contributed by atoms with Gasteiger partial charge in [-0.05, 0) is 29.8 Å². The van der Waals surface area contributed by atoms with Crippen molar-refractivity contribution >= 4 is 28.9 Å². The molecule has 0 saturated carbocycles. The lowest BCUT2D eigenvalue weighted by molar-refractivity contribution is 0.801. The lowest BCUT2D eigenvalue weighted by Gasteiger charge is -2.08. The second-order valence-corrected chi connectivity index (χ2v) is 4.41. The lowest BCUT2D eigenvalue weighted by Crippen LogP contribution is -2.20. The number of para-hydroxylation sites is 1. The number of hydrogen-bond acceptors (Lipinski definition) is 2. The molecule has 0 aliphatic heterocycles. The molecule has 2 N–H and O–H groups in total. The second-order valence-electron chi connectivity index (χ2n) is 3.59.